The maximum Gasteiger partial charge on any atom is 0.494 e. The molecule has 0 radical (unpaired) electrons. The van der Waals surface area contributed by atoms with E-state index in [0.29, 0.717) is 5.41 Å². The second-order valence-electron chi connectivity index (χ2n) is 9.15. The standard InChI is InChI=1S/C19H29BN2O2/c1-17(2)18(3,4)24-20(23-17)16-8-6-15(7-9-16)10-22-13-19(14-22)11-21(5)12-19/h6-9H,10-14H2,1-5H3. The average Bonchev–Trinajstić information content (AvgIpc) is 2.64. The van der Waals surface area contributed by atoms with Gasteiger partial charge in [-0.1, -0.05) is 24.3 Å². The minimum Gasteiger partial charge on any atom is -0.399 e. The Morgan fingerprint density at radius 2 is 1.46 bits per heavy atom. The smallest absolute Gasteiger partial charge is 0.399 e. The van der Waals surface area contributed by atoms with E-state index in [1.807, 2.05) is 0 Å². The van der Waals surface area contributed by atoms with E-state index in [1.165, 1.54) is 31.7 Å². The maximum atomic E-state index is 6.13. The molecule has 0 N–H and O–H groups in total. The normalized spacial score (nSPS) is 28.0. The van der Waals surface area contributed by atoms with Crippen LogP contribution >= 0.6 is 0 Å². The van der Waals surface area contributed by atoms with Gasteiger partial charge in [-0.05, 0) is 45.8 Å². The van der Waals surface area contributed by atoms with Gasteiger partial charge in [0.15, 0.2) is 0 Å². The van der Waals surface area contributed by atoms with Gasteiger partial charge in [-0.3, -0.25) is 4.90 Å². The first-order valence-electron chi connectivity index (χ1n) is 9.04. The Hall–Kier alpha value is -0.875. The van der Waals surface area contributed by atoms with Crippen LogP contribution in [0.15, 0.2) is 24.3 Å². The molecular formula is C19H29BN2O2. The van der Waals surface area contributed by atoms with E-state index < -0.39 is 0 Å². The Kier molecular flexibility index (Phi) is 3.67. The van der Waals surface area contributed by atoms with Crippen LogP contribution in [-0.4, -0.2) is 61.3 Å². The molecular weight excluding hydrogens is 299 g/mol. The first-order valence-corrected chi connectivity index (χ1v) is 9.04. The number of benzene rings is 1. The molecule has 3 fully saturated rings. The SMILES string of the molecule is CN1CC2(C1)CN(Cc1ccc(B3OC(C)(C)C(C)(C)O3)cc1)C2. The van der Waals surface area contributed by atoms with Crippen molar-refractivity contribution >= 4 is 12.6 Å². The second kappa shape index (κ2) is 5.31. The van der Waals surface area contributed by atoms with Crippen molar-refractivity contribution in [3.63, 3.8) is 0 Å². The molecule has 0 aromatic heterocycles. The van der Waals surface area contributed by atoms with Gasteiger partial charge in [0.2, 0.25) is 0 Å². The van der Waals surface area contributed by atoms with Gasteiger partial charge in [-0.2, -0.15) is 0 Å². The Bertz CT molecular complexity index is 599. The van der Waals surface area contributed by atoms with Crippen molar-refractivity contribution in [2.75, 3.05) is 33.2 Å². The first-order chi connectivity index (χ1) is 11.2. The van der Waals surface area contributed by atoms with Crippen molar-refractivity contribution < 1.29 is 9.31 Å². The number of likely N-dealkylation sites (tertiary alicyclic amines) is 2. The van der Waals surface area contributed by atoms with Crippen LogP contribution in [0.4, 0.5) is 0 Å². The number of nitrogens with zero attached hydrogens (tertiary/aromatic N) is 2. The highest BCUT2D eigenvalue weighted by Gasteiger charge is 2.52. The molecule has 4 nitrogen and oxygen atoms in total. The van der Waals surface area contributed by atoms with Crippen LogP contribution in [0.25, 0.3) is 0 Å². The lowest BCUT2D eigenvalue weighted by Crippen LogP contribution is -2.70. The molecule has 3 heterocycles. The van der Waals surface area contributed by atoms with E-state index in [0.717, 1.165) is 12.0 Å². The molecule has 3 aliphatic heterocycles. The quantitative estimate of drug-likeness (QED) is 0.789. The first kappa shape index (κ1) is 16.6. The molecule has 4 rings (SSSR count). The van der Waals surface area contributed by atoms with Crippen molar-refractivity contribution in [1.82, 2.24) is 9.80 Å². The van der Waals surface area contributed by atoms with E-state index in [1.54, 1.807) is 0 Å². The van der Waals surface area contributed by atoms with Crippen molar-refractivity contribution in [3.8, 4) is 0 Å². The third-order valence-corrected chi connectivity index (χ3v) is 6.24. The molecule has 5 heteroatoms. The maximum absolute atomic E-state index is 6.13. The highest BCUT2D eigenvalue weighted by molar-refractivity contribution is 6.62. The third kappa shape index (κ3) is 2.72. The molecule has 130 valence electrons. The topological polar surface area (TPSA) is 24.9 Å². The highest BCUT2D eigenvalue weighted by atomic mass is 16.7. The van der Waals surface area contributed by atoms with E-state index in [9.17, 15) is 0 Å². The van der Waals surface area contributed by atoms with Crippen LogP contribution in [0.3, 0.4) is 0 Å². The van der Waals surface area contributed by atoms with Crippen molar-refractivity contribution in [2.24, 2.45) is 5.41 Å². The van der Waals surface area contributed by atoms with Gasteiger partial charge in [0.1, 0.15) is 0 Å². The molecule has 24 heavy (non-hydrogen) atoms. The van der Waals surface area contributed by atoms with Gasteiger partial charge < -0.3 is 14.2 Å². The molecule has 3 saturated heterocycles. The lowest BCUT2D eigenvalue weighted by molar-refractivity contribution is -0.107. The summed E-state index contributed by atoms with van der Waals surface area (Å²) in [5.41, 5.74) is 2.53. The summed E-state index contributed by atoms with van der Waals surface area (Å²) >= 11 is 0. The summed E-state index contributed by atoms with van der Waals surface area (Å²) in [4.78, 5) is 4.97. The summed E-state index contributed by atoms with van der Waals surface area (Å²) in [6.45, 7) is 14.5. The monoisotopic (exact) mass is 328 g/mol. The zero-order valence-corrected chi connectivity index (χ0v) is 15.6. The summed E-state index contributed by atoms with van der Waals surface area (Å²) < 4.78 is 12.3. The molecule has 1 spiro atoms. The number of hydrogen-bond acceptors (Lipinski definition) is 4. The van der Waals surface area contributed by atoms with Gasteiger partial charge in [0.05, 0.1) is 11.2 Å². The zero-order valence-electron chi connectivity index (χ0n) is 15.6. The van der Waals surface area contributed by atoms with Crippen molar-refractivity contribution in [2.45, 2.75) is 45.4 Å². The van der Waals surface area contributed by atoms with Gasteiger partial charge in [-0.25, -0.2) is 0 Å². The average molecular weight is 328 g/mol. The van der Waals surface area contributed by atoms with Gasteiger partial charge in [0.25, 0.3) is 0 Å². The van der Waals surface area contributed by atoms with E-state index in [4.69, 9.17) is 9.31 Å². The summed E-state index contributed by atoms with van der Waals surface area (Å²) in [6, 6.07) is 8.75. The predicted molar refractivity (Wildman–Crippen MR) is 97.4 cm³/mol. The molecule has 3 aliphatic rings. The van der Waals surface area contributed by atoms with Gasteiger partial charge in [-0.15, -0.1) is 0 Å². The summed E-state index contributed by atoms with van der Waals surface area (Å²) in [7, 11) is 1.95. The minimum absolute atomic E-state index is 0.262. The molecule has 0 saturated carbocycles. The van der Waals surface area contributed by atoms with Crippen molar-refractivity contribution in [3.05, 3.63) is 29.8 Å². The Labute approximate surface area is 146 Å². The molecule has 0 bridgehead atoms. The van der Waals surface area contributed by atoms with E-state index >= 15 is 0 Å². The fraction of sp³-hybridized carbons (Fsp3) is 0.684. The lowest BCUT2D eigenvalue weighted by Gasteiger charge is -2.59. The second-order valence-corrected chi connectivity index (χ2v) is 9.15. The summed E-state index contributed by atoms with van der Waals surface area (Å²) in [6.07, 6.45) is 0. The van der Waals surface area contributed by atoms with Crippen LogP contribution in [0.5, 0.6) is 0 Å². The van der Waals surface area contributed by atoms with Crippen molar-refractivity contribution in [1.29, 1.82) is 0 Å². The molecule has 0 amide bonds. The van der Waals surface area contributed by atoms with Crippen LogP contribution in [0.2, 0.25) is 0 Å². The molecule has 1 aromatic carbocycles. The van der Waals surface area contributed by atoms with Crippen LogP contribution in [-0.2, 0) is 15.9 Å². The number of rotatable bonds is 3. The van der Waals surface area contributed by atoms with Gasteiger partial charge >= 0.3 is 7.12 Å². The number of hydrogen-bond donors (Lipinski definition) is 0. The predicted octanol–water partition coefficient (Wildman–Crippen LogP) is 1.73. The molecule has 0 atom stereocenters. The largest absolute Gasteiger partial charge is 0.494 e. The fourth-order valence-electron chi connectivity index (χ4n) is 4.33. The Balaban J connectivity index is 1.34. The van der Waals surface area contributed by atoms with Crippen LogP contribution < -0.4 is 5.46 Å². The zero-order chi connectivity index (χ0) is 17.2. The molecule has 0 aliphatic carbocycles. The molecule has 0 unspecified atom stereocenters. The van der Waals surface area contributed by atoms with E-state index in [2.05, 4.69) is 68.8 Å². The molecule has 1 aromatic rings. The minimum atomic E-state index is -0.280. The Morgan fingerprint density at radius 1 is 0.917 bits per heavy atom. The third-order valence-electron chi connectivity index (χ3n) is 6.24. The van der Waals surface area contributed by atoms with Gasteiger partial charge in [0, 0.05) is 38.1 Å². The fourth-order valence-corrected chi connectivity index (χ4v) is 4.33. The van der Waals surface area contributed by atoms with E-state index in [-0.39, 0.29) is 18.3 Å². The van der Waals surface area contributed by atoms with Crippen LogP contribution in [0.1, 0.15) is 33.3 Å². The summed E-state index contributed by atoms with van der Waals surface area (Å²) in [5.74, 6) is 0. The van der Waals surface area contributed by atoms with Crippen LogP contribution in [0, 0.1) is 5.41 Å². The summed E-state index contributed by atoms with van der Waals surface area (Å²) in [5, 5.41) is 0. The Morgan fingerprint density at radius 3 is 1.96 bits per heavy atom. The highest BCUT2D eigenvalue weighted by Crippen LogP contribution is 2.39. The lowest BCUT2D eigenvalue weighted by atomic mass is 9.73.